The van der Waals surface area contributed by atoms with Gasteiger partial charge in [0.25, 0.3) is 11.5 Å². The number of rotatable bonds is 1. The normalized spacial score (nSPS) is 12.0. The lowest BCUT2D eigenvalue weighted by Crippen LogP contribution is -2.37. The third-order valence-corrected chi connectivity index (χ3v) is 3.73. The molecule has 10 nitrogen and oxygen atoms in total. The monoisotopic (exact) mass is 320 g/mol. The number of hydrogen-bond donors (Lipinski definition) is 1. The summed E-state index contributed by atoms with van der Waals surface area (Å²) in [6, 6.07) is 0. The van der Waals surface area contributed by atoms with Gasteiger partial charge in [0.05, 0.1) is 0 Å². The molecule has 2 aromatic heterocycles. The Hall–Kier alpha value is -3.04. The zero-order valence-corrected chi connectivity index (χ0v) is 13.4. The smallest absolute Gasteiger partial charge is 0.310 e. The van der Waals surface area contributed by atoms with Gasteiger partial charge >= 0.3 is 5.56 Å². The highest BCUT2D eigenvalue weighted by Gasteiger charge is 2.33. The average Bonchev–Trinajstić information content (AvgIpc) is 2.83. The molecule has 0 bridgehead atoms. The highest BCUT2D eigenvalue weighted by atomic mass is 16.5. The van der Waals surface area contributed by atoms with Crippen LogP contribution in [0, 0.1) is 0 Å². The van der Waals surface area contributed by atoms with Gasteiger partial charge in [0.2, 0.25) is 11.5 Å². The van der Waals surface area contributed by atoms with Crippen molar-refractivity contribution < 1.29 is 9.53 Å². The maximum absolute atomic E-state index is 12.3. The topological polar surface area (TPSA) is 103 Å². The Morgan fingerprint density at radius 3 is 2.30 bits per heavy atom. The van der Waals surface area contributed by atoms with Gasteiger partial charge in [0.1, 0.15) is 0 Å². The fourth-order valence-corrected chi connectivity index (χ4v) is 2.34. The highest BCUT2D eigenvalue weighted by Crippen LogP contribution is 2.40. The molecular formula is C13H16N6O4. The first-order valence-corrected chi connectivity index (χ1v) is 6.77. The minimum Gasteiger partial charge on any atom is -0.443 e. The Morgan fingerprint density at radius 1 is 1.09 bits per heavy atom. The summed E-state index contributed by atoms with van der Waals surface area (Å²) in [5, 5.41) is 6.95. The maximum Gasteiger partial charge on any atom is 0.310 e. The first kappa shape index (κ1) is 14.9. The fourth-order valence-electron chi connectivity index (χ4n) is 2.34. The van der Waals surface area contributed by atoms with Crippen molar-refractivity contribution >= 4 is 17.4 Å². The lowest BCUT2D eigenvalue weighted by Gasteiger charge is -2.20. The van der Waals surface area contributed by atoms with Gasteiger partial charge in [-0.3, -0.25) is 19.1 Å². The number of carbonyl (C=O) groups is 1. The molecule has 3 heterocycles. The second-order valence-corrected chi connectivity index (χ2v) is 5.44. The van der Waals surface area contributed by atoms with Crippen LogP contribution in [0.25, 0.3) is 0 Å². The van der Waals surface area contributed by atoms with Gasteiger partial charge in [-0.05, 0) is 0 Å². The average molecular weight is 320 g/mol. The number of hydrogen-bond acceptors (Lipinski definition) is 6. The molecule has 0 atom stereocenters. The van der Waals surface area contributed by atoms with Crippen LogP contribution in [-0.2, 0) is 21.1 Å². The summed E-state index contributed by atoms with van der Waals surface area (Å²) < 4.78 is 9.26. The van der Waals surface area contributed by atoms with Crippen LogP contribution in [0.5, 0.6) is 11.5 Å². The third-order valence-electron chi connectivity index (χ3n) is 3.73. The van der Waals surface area contributed by atoms with Crippen molar-refractivity contribution in [3.63, 3.8) is 0 Å². The SMILES string of the molecule is CN(C)C(=O)c1c2c(nn1C)Nc1c(c(=O)n(C)n(C)c1=O)O2. The molecule has 1 aliphatic heterocycles. The van der Waals surface area contributed by atoms with E-state index in [1.165, 1.54) is 23.7 Å². The summed E-state index contributed by atoms with van der Waals surface area (Å²) in [6.07, 6.45) is 0. The molecule has 2 aromatic rings. The number of ether oxygens (including phenoxy) is 1. The molecule has 0 unspecified atom stereocenters. The predicted octanol–water partition coefficient (Wildman–Crippen LogP) is -0.631. The van der Waals surface area contributed by atoms with Gasteiger partial charge in [-0.25, -0.2) is 9.36 Å². The molecular weight excluding hydrogens is 304 g/mol. The summed E-state index contributed by atoms with van der Waals surface area (Å²) >= 11 is 0. The molecule has 0 aromatic carbocycles. The van der Waals surface area contributed by atoms with Gasteiger partial charge in [0.15, 0.2) is 17.2 Å². The van der Waals surface area contributed by atoms with Gasteiger partial charge in [-0.1, -0.05) is 0 Å². The second kappa shape index (κ2) is 4.73. The van der Waals surface area contributed by atoms with Crippen LogP contribution in [0.1, 0.15) is 10.5 Å². The van der Waals surface area contributed by atoms with Crippen LogP contribution in [0.2, 0.25) is 0 Å². The highest BCUT2D eigenvalue weighted by molar-refractivity contribution is 5.97. The second-order valence-electron chi connectivity index (χ2n) is 5.44. The summed E-state index contributed by atoms with van der Waals surface area (Å²) in [5.74, 6) is -0.129. The van der Waals surface area contributed by atoms with Crippen LogP contribution < -0.4 is 21.2 Å². The molecule has 0 spiro atoms. The lowest BCUT2D eigenvalue weighted by atomic mass is 10.3. The van der Waals surface area contributed by atoms with Crippen LogP contribution in [0.4, 0.5) is 11.5 Å². The molecule has 0 radical (unpaired) electrons. The third kappa shape index (κ3) is 1.94. The van der Waals surface area contributed by atoms with E-state index in [1.807, 2.05) is 0 Å². The molecule has 3 rings (SSSR count). The summed E-state index contributed by atoms with van der Waals surface area (Å²) in [5.41, 5.74) is -0.734. The number of nitrogens with one attached hydrogen (secondary N) is 1. The van der Waals surface area contributed by atoms with E-state index in [2.05, 4.69) is 10.4 Å². The molecule has 10 heteroatoms. The van der Waals surface area contributed by atoms with Crippen LogP contribution in [0.15, 0.2) is 9.59 Å². The Morgan fingerprint density at radius 2 is 1.70 bits per heavy atom. The van der Waals surface area contributed by atoms with Gasteiger partial charge in [-0.2, -0.15) is 5.10 Å². The van der Waals surface area contributed by atoms with E-state index in [4.69, 9.17) is 4.74 Å². The molecule has 1 aliphatic rings. The maximum atomic E-state index is 12.3. The van der Waals surface area contributed by atoms with E-state index >= 15 is 0 Å². The Balaban J connectivity index is 2.24. The number of aromatic nitrogens is 4. The number of aryl methyl sites for hydroxylation is 1. The standard InChI is InChI=1S/C13H16N6O4/c1-16(2)12(21)7-9-10(15-17(7)3)14-6-8(23-9)13(22)19(5)18(4)11(6)20/h1-5H3,(H,14,15). The zero-order chi connectivity index (χ0) is 17.0. The Labute approximate surface area is 130 Å². The van der Waals surface area contributed by atoms with E-state index in [0.29, 0.717) is 0 Å². The first-order valence-electron chi connectivity index (χ1n) is 6.77. The summed E-state index contributed by atoms with van der Waals surface area (Å²) in [6.45, 7) is 0. The molecule has 0 saturated heterocycles. The quantitative estimate of drug-likeness (QED) is 0.640. The van der Waals surface area contributed by atoms with Crippen molar-refractivity contribution in [3.8, 4) is 11.5 Å². The van der Waals surface area contributed by atoms with E-state index in [0.717, 1.165) is 9.36 Å². The Bertz CT molecular complexity index is 949. The fraction of sp³-hybridized carbons (Fsp3) is 0.385. The number of amides is 1. The minimum atomic E-state index is -0.493. The largest absolute Gasteiger partial charge is 0.443 e. The van der Waals surface area contributed by atoms with Crippen LogP contribution in [0.3, 0.4) is 0 Å². The predicted molar refractivity (Wildman–Crippen MR) is 81.5 cm³/mol. The van der Waals surface area contributed by atoms with Crippen molar-refractivity contribution in [2.45, 2.75) is 0 Å². The molecule has 0 saturated carbocycles. The molecule has 122 valence electrons. The van der Waals surface area contributed by atoms with E-state index in [1.54, 1.807) is 21.1 Å². The number of anilines is 2. The van der Waals surface area contributed by atoms with Crippen molar-refractivity contribution in [2.24, 2.45) is 21.1 Å². The van der Waals surface area contributed by atoms with E-state index in [-0.39, 0.29) is 34.6 Å². The molecule has 23 heavy (non-hydrogen) atoms. The minimum absolute atomic E-state index is 0.00468. The number of fused-ring (bicyclic) bond motifs is 2. The Kier molecular flexibility index (Phi) is 3.06. The lowest BCUT2D eigenvalue weighted by molar-refractivity contribution is 0.0814. The molecule has 0 fully saturated rings. The number of carbonyl (C=O) groups excluding carboxylic acids is 1. The van der Waals surface area contributed by atoms with Gasteiger partial charge in [-0.15, -0.1) is 0 Å². The van der Waals surface area contributed by atoms with Crippen LogP contribution >= 0.6 is 0 Å². The van der Waals surface area contributed by atoms with Gasteiger partial charge in [0, 0.05) is 35.2 Å². The van der Waals surface area contributed by atoms with Crippen molar-refractivity contribution in [1.29, 1.82) is 0 Å². The summed E-state index contributed by atoms with van der Waals surface area (Å²) in [4.78, 5) is 38.3. The van der Waals surface area contributed by atoms with Crippen molar-refractivity contribution in [2.75, 3.05) is 19.4 Å². The molecule has 0 aliphatic carbocycles. The van der Waals surface area contributed by atoms with Crippen molar-refractivity contribution in [1.82, 2.24) is 24.0 Å². The van der Waals surface area contributed by atoms with E-state index in [9.17, 15) is 14.4 Å². The van der Waals surface area contributed by atoms with Crippen molar-refractivity contribution in [3.05, 3.63) is 26.4 Å². The van der Waals surface area contributed by atoms with Gasteiger partial charge < -0.3 is 15.0 Å². The zero-order valence-electron chi connectivity index (χ0n) is 13.4. The summed E-state index contributed by atoms with van der Waals surface area (Å²) in [7, 11) is 7.71. The number of nitrogens with zero attached hydrogens (tertiary/aromatic N) is 5. The first-order chi connectivity index (χ1) is 10.7. The van der Waals surface area contributed by atoms with Crippen LogP contribution in [-0.4, -0.2) is 44.0 Å². The molecule has 1 amide bonds. The van der Waals surface area contributed by atoms with E-state index < -0.39 is 11.1 Å². The molecule has 1 N–H and O–H groups in total.